The number of pyridine rings is 1. The number of aryl methyl sites for hydroxylation is 1. The molecule has 2 aliphatic rings. The monoisotopic (exact) mass is 327 g/mol. The van der Waals surface area contributed by atoms with Crippen molar-refractivity contribution in [1.82, 2.24) is 14.5 Å². The van der Waals surface area contributed by atoms with Crippen molar-refractivity contribution in [2.45, 2.75) is 44.1 Å². The predicted octanol–water partition coefficient (Wildman–Crippen LogP) is 2.44. The van der Waals surface area contributed by atoms with Crippen molar-refractivity contribution in [1.29, 1.82) is 0 Å². The zero-order valence-electron chi connectivity index (χ0n) is 14.4. The van der Waals surface area contributed by atoms with Crippen molar-refractivity contribution in [3.63, 3.8) is 0 Å². The van der Waals surface area contributed by atoms with Crippen LogP contribution in [-0.4, -0.2) is 44.2 Å². The molecule has 24 heavy (non-hydrogen) atoms. The average Bonchev–Trinajstić information content (AvgIpc) is 2.93. The summed E-state index contributed by atoms with van der Waals surface area (Å²) in [5.41, 5.74) is 1.54. The minimum atomic E-state index is -0.632. The Hall–Kier alpha value is -1.88. The van der Waals surface area contributed by atoms with Crippen LogP contribution >= 0.6 is 0 Å². The summed E-state index contributed by atoms with van der Waals surface area (Å²) in [6, 6.07) is 6.36. The van der Waals surface area contributed by atoms with Crippen molar-refractivity contribution >= 4 is 16.9 Å². The van der Waals surface area contributed by atoms with E-state index in [-0.39, 0.29) is 11.8 Å². The molecule has 1 saturated carbocycles. The zero-order valence-corrected chi connectivity index (χ0v) is 14.4. The largest absolute Gasteiger partial charge is 0.390 e. The third kappa shape index (κ3) is 2.71. The molecular formula is C19H25N3O2. The molecule has 5 nitrogen and oxygen atoms in total. The Morgan fingerprint density at radius 2 is 1.96 bits per heavy atom. The number of hydrogen-bond acceptors (Lipinski definition) is 3. The molecule has 1 amide bonds. The zero-order chi connectivity index (χ0) is 16.9. The van der Waals surface area contributed by atoms with E-state index in [9.17, 15) is 9.90 Å². The molecule has 4 rings (SSSR count). The standard InChI is InChI=1S/C19H25N3O2/c1-19(24)11-15(12-19)18(23)22-9-6-13(7-10-22)16-4-3-14-5-8-21(2)17(14)20-16/h3-5,8,13,15,24H,6-7,9-12H2,1-2H3/t15-,19+. The van der Waals surface area contributed by atoms with Gasteiger partial charge in [0.2, 0.25) is 5.91 Å². The lowest BCUT2D eigenvalue weighted by molar-refractivity contribution is -0.150. The number of piperidine rings is 1. The van der Waals surface area contributed by atoms with Crippen molar-refractivity contribution in [3.8, 4) is 0 Å². The topological polar surface area (TPSA) is 58.4 Å². The molecule has 2 fully saturated rings. The molecule has 0 atom stereocenters. The van der Waals surface area contributed by atoms with Crippen molar-refractivity contribution in [3.05, 3.63) is 30.1 Å². The molecule has 5 heteroatoms. The third-order valence-electron chi connectivity index (χ3n) is 5.69. The first-order valence-electron chi connectivity index (χ1n) is 8.86. The van der Waals surface area contributed by atoms with Crippen LogP contribution in [-0.2, 0) is 11.8 Å². The number of aromatic nitrogens is 2. The van der Waals surface area contributed by atoms with Gasteiger partial charge in [-0.2, -0.15) is 0 Å². The molecule has 0 bridgehead atoms. The second-order valence-electron chi connectivity index (χ2n) is 7.78. The van der Waals surface area contributed by atoms with Gasteiger partial charge in [-0.1, -0.05) is 0 Å². The van der Waals surface area contributed by atoms with Gasteiger partial charge in [-0.3, -0.25) is 4.79 Å². The highest BCUT2D eigenvalue weighted by Crippen LogP contribution is 2.39. The van der Waals surface area contributed by atoms with Crippen LogP contribution < -0.4 is 0 Å². The quantitative estimate of drug-likeness (QED) is 0.922. The van der Waals surface area contributed by atoms with E-state index in [0.29, 0.717) is 18.8 Å². The molecule has 1 aliphatic heterocycles. The number of carbonyl (C=O) groups excluding carboxylic acids is 1. The van der Waals surface area contributed by atoms with E-state index in [0.717, 1.165) is 37.3 Å². The van der Waals surface area contributed by atoms with Crippen molar-refractivity contribution < 1.29 is 9.90 Å². The van der Waals surface area contributed by atoms with E-state index in [1.54, 1.807) is 0 Å². The molecule has 0 radical (unpaired) electrons. The number of carbonyl (C=O) groups is 1. The minimum Gasteiger partial charge on any atom is -0.390 e. The van der Waals surface area contributed by atoms with Gasteiger partial charge in [-0.15, -0.1) is 0 Å². The Labute approximate surface area is 142 Å². The van der Waals surface area contributed by atoms with Crippen LogP contribution in [0.1, 0.15) is 44.2 Å². The van der Waals surface area contributed by atoms with Crippen LogP contribution in [0.2, 0.25) is 0 Å². The number of rotatable bonds is 2. The molecule has 1 aliphatic carbocycles. The van der Waals surface area contributed by atoms with Gasteiger partial charge in [0.25, 0.3) is 0 Å². The van der Waals surface area contributed by atoms with E-state index < -0.39 is 5.60 Å². The van der Waals surface area contributed by atoms with E-state index in [1.165, 1.54) is 5.39 Å². The maximum atomic E-state index is 12.5. The molecule has 0 unspecified atom stereocenters. The molecular weight excluding hydrogens is 302 g/mol. The minimum absolute atomic E-state index is 0.0226. The fourth-order valence-electron chi connectivity index (χ4n) is 4.21. The number of nitrogens with zero attached hydrogens (tertiary/aromatic N) is 3. The third-order valence-corrected chi connectivity index (χ3v) is 5.69. The SMILES string of the molecule is Cn1ccc2ccc(C3CCN(C(=O)[C@H]4C[C@@](C)(O)C4)CC3)nc21. The summed E-state index contributed by atoms with van der Waals surface area (Å²) in [6.07, 6.45) is 5.20. The van der Waals surface area contributed by atoms with Gasteiger partial charge in [0.1, 0.15) is 5.65 Å². The maximum absolute atomic E-state index is 12.5. The van der Waals surface area contributed by atoms with Gasteiger partial charge >= 0.3 is 0 Å². The first-order chi connectivity index (χ1) is 11.4. The average molecular weight is 327 g/mol. The Morgan fingerprint density at radius 3 is 2.62 bits per heavy atom. The molecule has 128 valence electrons. The van der Waals surface area contributed by atoms with E-state index in [1.807, 2.05) is 25.1 Å². The number of fused-ring (bicyclic) bond motifs is 1. The van der Waals surface area contributed by atoms with Crippen LogP contribution in [0.25, 0.3) is 11.0 Å². The molecule has 1 N–H and O–H groups in total. The number of amides is 1. The predicted molar refractivity (Wildman–Crippen MR) is 92.6 cm³/mol. The van der Waals surface area contributed by atoms with E-state index in [4.69, 9.17) is 4.98 Å². The van der Waals surface area contributed by atoms with Gasteiger partial charge in [0.05, 0.1) is 5.60 Å². The summed E-state index contributed by atoms with van der Waals surface area (Å²) in [5, 5.41) is 11.0. The first kappa shape index (κ1) is 15.6. The molecule has 2 aromatic heterocycles. The van der Waals surface area contributed by atoms with Gasteiger partial charge in [-0.25, -0.2) is 4.98 Å². The smallest absolute Gasteiger partial charge is 0.225 e. The summed E-state index contributed by atoms with van der Waals surface area (Å²) < 4.78 is 2.06. The lowest BCUT2D eigenvalue weighted by Crippen LogP contribution is -2.51. The molecule has 1 saturated heterocycles. The Bertz CT molecular complexity index is 764. The lowest BCUT2D eigenvalue weighted by atomic mass is 9.71. The number of likely N-dealkylation sites (tertiary alicyclic amines) is 1. The maximum Gasteiger partial charge on any atom is 0.225 e. The Balaban J connectivity index is 1.40. The Kier molecular flexibility index (Phi) is 3.64. The fraction of sp³-hybridized carbons (Fsp3) is 0.579. The highest BCUT2D eigenvalue weighted by Gasteiger charge is 2.44. The van der Waals surface area contributed by atoms with Crippen LogP contribution in [0.4, 0.5) is 0 Å². The van der Waals surface area contributed by atoms with Gasteiger partial charge < -0.3 is 14.6 Å². The summed E-state index contributed by atoms with van der Waals surface area (Å²) >= 11 is 0. The van der Waals surface area contributed by atoms with Gasteiger partial charge in [0.15, 0.2) is 0 Å². The van der Waals surface area contributed by atoms with Crippen LogP contribution in [0.15, 0.2) is 24.4 Å². The molecule has 0 spiro atoms. The Morgan fingerprint density at radius 1 is 1.25 bits per heavy atom. The van der Waals surface area contributed by atoms with Gasteiger partial charge in [-0.05, 0) is 50.8 Å². The number of aliphatic hydroxyl groups is 1. The van der Waals surface area contributed by atoms with Crippen LogP contribution in [0.3, 0.4) is 0 Å². The highest BCUT2D eigenvalue weighted by atomic mass is 16.3. The summed E-state index contributed by atoms with van der Waals surface area (Å²) in [7, 11) is 2.02. The van der Waals surface area contributed by atoms with Crippen LogP contribution in [0.5, 0.6) is 0 Å². The van der Waals surface area contributed by atoms with Crippen LogP contribution in [0, 0.1) is 5.92 Å². The lowest BCUT2D eigenvalue weighted by Gasteiger charge is -2.43. The summed E-state index contributed by atoms with van der Waals surface area (Å²) in [6.45, 7) is 3.42. The summed E-state index contributed by atoms with van der Waals surface area (Å²) in [4.78, 5) is 19.3. The second kappa shape index (κ2) is 5.59. The highest BCUT2D eigenvalue weighted by molar-refractivity contribution is 5.80. The van der Waals surface area contributed by atoms with E-state index >= 15 is 0 Å². The molecule has 2 aromatic rings. The second-order valence-corrected chi connectivity index (χ2v) is 7.78. The molecule has 3 heterocycles. The van der Waals surface area contributed by atoms with Crippen molar-refractivity contribution in [2.24, 2.45) is 13.0 Å². The first-order valence-corrected chi connectivity index (χ1v) is 8.86. The number of hydrogen-bond donors (Lipinski definition) is 1. The molecule has 0 aromatic carbocycles. The fourth-order valence-corrected chi connectivity index (χ4v) is 4.21. The van der Waals surface area contributed by atoms with Gasteiger partial charge in [0, 0.05) is 49.2 Å². The normalized spacial score (nSPS) is 28.1. The van der Waals surface area contributed by atoms with E-state index in [2.05, 4.69) is 22.8 Å². The van der Waals surface area contributed by atoms with Crippen molar-refractivity contribution in [2.75, 3.05) is 13.1 Å². The summed E-state index contributed by atoms with van der Waals surface area (Å²) in [5.74, 6) is 0.679.